The molecule has 0 spiro atoms. The molecule has 0 aliphatic rings. The Kier molecular flexibility index (Phi) is 77.4. The van der Waals surface area contributed by atoms with Gasteiger partial charge in [-0.05, 0) is 347 Å². The third-order valence-electron chi connectivity index (χ3n) is 16.4. The van der Waals surface area contributed by atoms with E-state index in [1.165, 1.54) is 41.5 Å². The Morgan fingerprint density at radius 2 is 0.538 bits per heavy atom. The van der Waals surface area contributed by atoms with Crippen molar-refractivity contribution in [1.82, 2.24) is 0 Å². The van der Waals surface area contributed by atoms with Crippen LogP contribution in [0.1, 0.15) is 166 Å². The minimum atomic E-state index is -2.80. The lowest BCUT2D eigenvalue weighted by atomic mass is 10.4. The fourth-order valence-corrected chi connectivity index (χ4v) is 60.5. The van der Waals surface area contributed by atoms with Crippen molar-refractivity contribution < 1.29 is 81.7 Å². The lowest BCUT2D eigenvalue weighted by molar-refractivity contribution is 0.00281. The number of hydrogen-bond acceptors (Lipinski definition) is 19. The predicted molar refractivity (Wildman–Crippen MR) is 570 cm³/mol. The van der Waals surface area contributed by atoms with Crippen molar-refractivity contribution in [3.8, 4) is 0 Å². The van der Waals surface area contributed by atoms with Crippen LogP contribution in [0.25, 0.3) is 0 Å². The molecule has 0 amide bonds. The van der Waals surface area contributed by atoms with E-state index in [0.29, 0.717) is 12.2 Å². The van der Waals surface area contributed by atoms with Crippen molar-refractivity contribution >= 4 is 177 Å². The molecule has 1 N–H and O–H groups in total. The summed E-state index contributed by atoms with van der Waals surface area (Å²) in [7, 11) is -29.4. The summed E-state index contributed by atoms with van der Waals surface area (Å²) in [6.45, 7) is 111. The van der Waals surface area contributed by atoms with Crippen molar-refractivity contribution in [2.75, 3.05) is 0 Å². The van der Waals surface area contributed by atoms with E-state index in [9.17, 15) is 4.80 Å². The van der Waals surface area contributed by atoms with Gasteiger partial charge in [0.25, 0.3) is 10.0 Å². The lowest BCUT2D eigenvalue weighted by Gasteiger charge is -2.37. The standard InChI is InChI=1S/C14H34O2Si2.C13H22O2Si.C12H26O3Si4.C8H28O4Si5.C8H22O2Si2.C8H20O2Si.C6H20O2Si3.C6H16OSi.C6H14O/c1-8-17(9-2,10-3)15-14(7)16-18(11-4,12-5)13-6;1-11(2)14-16(5,15-12(3)4)13-9-7-6-8-10-13;1-16(2)13-19(14-17(3)4,15-18(5)6)12-10-8-7-9-11-12;1-13(2)9-17(10-14(3)4,11-15(5)6)12-16(7)8;1-8(2)9-12(6,7)10-11(3,4)5;1-7(2)9-11(5,6)10-8(3)4;1-10(2,3)7-9-8-11(4,5)6;1-4-8(7,5-2)6-3;1-5(2)7-6(3)4/h14H,8-13H2,1-7H3;6-12H,1-5H3;7-11,16-18H,1-6H3;13-16H,1-8H3;8H,1-7H3;7-8H,1-6H3;9H2,1-6H3;7H,4-6H2,1-3H3;5-6H,1-4H3. The van der Waals surface area contributed by atoms with Crippen LogP contribution in [0, 0.1) is 0 Å². The second-order valence-electron chi connectivity index (χ2n) is 38.2. The number of rotatable bonds is 47. The third-order valence-corrected chi connectivity index (χ3v) is 70.9. The van der Waals surface area contributed by atoms with Gasteiger partial charge in [-0.3, -0.25) is 0 Å². The Balaban J connectivity index is -0.000000241. The maximum absolute atomic E-state index is 9.58. The van der Waals surface area contributed by atoms with E-state index in [4.69, 9.17) is 76.9 Å². The Bertz CT molecular complexity index is 2470. The summed E-state index contributed by atoms with van der Waals surface area (Å²) >= 11 is 0. The van der Waals surface area contributed by atoms with Crippen LogP contribution in [-0.4, -0.2) is 221 Å². The second-order valence-corrected chi connectivity index (χ2v) is 101. The molecule has 0 atom stereocenters. The maximum atomic E-state index is 9.58. The van der Waals surface area contributed by atoms with Crippen LogP contribution >= 0.6 is 0 Å². The first-order valence-corrected chi connectivity index (χ1v) is 95.6. The molecule has 0 saturated heterocycles. The van der Waals surface area contributed by atoms with Crippen LogP contribution in [0.15, 0.2) is 60.7 Å². The SMILES string of the molecule is CC(C)OC(C)C.CC(C)O[Si](C)(C)OC(C)C.CC(C)O[Si](C)(C)O[Si](C)(C)C.CC(C)O[Si](C)(OC(C)C)c1ccccc1.CC[Si](CC)(CC)OC(C)O[Si](CC)(CC)CC.CC[Si](O)(CC)CC.C[SiH](C)O[Si](O[SiH](C)C)(O[SiH](C)C)O[SiH](C)C.C[SiH](C)O[Si](O[SiH](C)C)(O[SiH](C)C)c1ccccc1.C[Si](C)(C)O[SiH2]O[Si](C)(C)C. The highest BCUT2D eigenvalue weighted by Gasteiger charge is 2.48. The Labute approximate surface area is 766 Å². The zero-order chi connectivity index (χ0) is 95.2. The molecule has 0 heterocycles. The highest BCUT2D eigenvalue weighted by molar-refractivity contribution is 6.89. The van der Waals surface area contributed by atoms with Crippen molar-refractivity contribution in [2.24, 2.45) is 0 Å². The molecule has 0 aliphatic heterocycles. The maximum Gasteiger partial charge on any atom is 0.636 e. The van der Waals surface area contributed by atoms with Gasteiger partial charge in [-0.1, -0.05) is 123 Å². The van der Waals surface area contributed by atoms with Gasteiger partial charge in [0.1, 0.15) is 6.29 Å². The molecule has 19 nitrogen and oxygen atoms in total. The van der Waals surface area contributed by atoms with Crippen LogP contribution in [0.5, 0.6) is 0 Å². The first-order valence-electron chi connectivity index (χ1n) is 45.9. The summed E-state index contributed by atoms with van der Waals surface area (Å²) in [5.74, 6) is 0. The molecule has 119 heavy (non-hydrogen) atoms. The molecule has 0 aliphatic carbocycles. The molecule has 0 aromatic heterocycles. The van der Waals surface area contributed by atoms with Crippen molar-refractivity contribution in [2.45, 2.75) is 453 Å². The zero-order valence-electron chi connectivity index (χ0n) is 87.8. The Morgan fingerprint density at radius 3 is 0.723 bits per heavy atom. The molecular weight excluding hydrogens is 1810 g/mol. The van der Waals surface area contributed by atoms with Crippen LogP contribution < -0.4 is 10.4 Å². The quantitative estimate of drug-likeness (QED) is 0.0486. The zero-order valence-corrected chi connectivity index (χ0v) is 108. The topological polar surface area (TPSA) is 186 Å². The van der Waals surface area contributed by atoms with E-state index in [0.717, 1.165) is 23.3 Å². The molecule has 2 aromatic carbocycles. The van der Waals surface area contributed by atoms with Gasteiger partial charge in [-0.2, -0.15) is 0 Å². The van der Waals surface area contributed by atoms with Gasteiger partial charge >= 0.3 is 43.5 Å². The van der Waals surface area contributed by atoms with E-state index in [-0.39, 0.29) is 36.8 Å². The Hall–Kier alpha value is 1.80. The molecule has 0 saturated carbocycles. The van der Waals surface area contributed by atoms with Gasteiger partial charge in [0, 0.05) is 35.7 Å². The van der Waals surface area contributed by atoms with E-state index in [1.807, 2.05) is 91.8 Å². The first-order chi connectivity index (χ1) is 53.9. The van der Waals surface area contributed by atoms with E-state index in [2.05, 4.69) is 318 Å². The average Bonchev–Trinajstić information content (AvgIpc) is 0.806. The summed E-state index contributed by atoms with van der Waals surface area (Å²) in [4.78, 5) is 9.58. The van der Waals surface area contributed by atoms with Crippen molar-refractivity contribution in [3.63, 3.8) is 0 Å². The Morgan fingerprint density at radius 1 is 0.294 bits per heavy atom. The predicted octanol–water partition coefficient (Wildman–Crippen LogP) is 22.4. The highest BCUT2D eigenvalue weighted by Crippen LogP contribution is 2.29. The van der Waals surface area contributed by atoms with Crippen LogP contribution in [0.2, 0.25) is 238 Å². The number of ether oxygens (including phenoxy) is 1. The van der Waals surface area contributed by atoms with E-state index >= 15 is 0 Å². The largest absolute Gasteiger partial charge is 0.636 e. The van der Waals surface area contributed by atoms with Gasteiger partial charge < -0.3 is 81.7 Å². The second kappa shape index (κ2) is 68.8. The molecule has 0 fully saturated rings. The fourth-order valence-electron chi connectivity index (χ4n) is 11.9. The van der Waals surface area contributed by atoms with Crippen LogP contribution in [0.4, 0.5) is 0 Å². The van der Waals surface area contributed by atoms with Crippen LogP contribution in [0.3, 0.4) is 0 Å². The van der Waals surface area contributed by atoms with E-state index in [1.54, 1.807) is 0 Å². The molecule has 0 radical (unpaired) electrons. The van der Waals surface area contributed by atoms with Crippen molar-refractivity contribution in [3.05, 3.63) is 60.7 Å². The highest BCUT2D eigenvalue weighted by atomic mass is 28.5. The monoisotopic (exact) mass is 2010 g/mol. The smallest absolute Gasteiger partial charge is 0.441 e. The van der Waals surface area contributed by atoms with Gasteiger partial charge in [0.05, 0.1) is 12.2 Å². The minimum Gasteiger partial charge on any atom is -0.441 e. The number of benzene rings is 2. The molecule has 0 bridgehead atoms. The average molecular weight is 2010 g/mol. The number of hydrogen-bond donors (Lipinski definition) is 1. The summed E-state index contributed by atoms with van der Waals surface area (Å²) < 4.78 is 108. The van der Waals surface area contributed by atoms with Gasteiger partial charge in [-0.15, -0.1) is 0 Å². The molecule has 716 valence electrons. The summed E-state index contributed by atoms with van der Waals surface area (Å²) in [6, 6.07) is 30.8. The van der Waals surface area contributed by atoms with Gasteiger partial charge in [0.2, 0.25) is 0 Å². The summed E-state index contributed by atoms with van der Waals surface area (Å²) in [5.41, 5.74) is 0. The lowest BCUT2D eigenvalue weighted by Crippen LogP contribution is -2.61. The molecule has 2 rings (SSSR count). The normalized spacial score (nSPS) is 13.0. The molecular formula is C81H202O19Si19. The van der Waals surface area contributed by atoms with Gasteiger partial charge in [0.15, 0.2) is 113 Å². The minimum absolute atomic E-state index is 0.00281. The third kappa shape index (κ3) is 79.3. The van der Waals surface area contributed by atoms with Crippen molar-refractivity contribution in [1.29, 1.82) is 0 Å². The van der Waals surface area contributed by atoms with Gasteiger partial charge in [-0.25, -0.2) is 0 Å². The molecule has 0 unspecified atom stereocenters. The molecule has 2 aromatic rings. The fraction of sp³-hybridized carbons (Fsp3) is 0.852. The summed E-state index contributed by atoms with van der Waals surface area (Å²) in [6.07, 6.45) is 1.96. The van der Waals surface area contributed by atoms with Crippen LogP contribution in [-0.2, 0) is 76.9 Å². The summed E-state index contributed by atoms with van der Waals surface area (Å²) in [5, 5.41) is 2.32. The van der Waals surface area contributed by atoms with E-state index < -0.39 is 167 Å². The molecule has 38 heteroatoms. The first kappa shape index (κ1) is 134.